The van der Waals surface area contributed by atoms with E-state index in [-0.39, 0.29) is 5.56 Å². The number of methoxy groups -OCH3 is 3. The van der Waals surface area contributed by atoms with E-state index in [1.54, 1.807) is 18.2 Å². The molecular weight excluding hydrogens is 424 g/mol. The van der Waals surface area contributed by atoms with Crippen LogP contribution in [0.15, 0.2) is 65.1 Å². The van der Waals surface area contributed by atoms with Gasteiger partial charge in [-0.2, -0.15) is 0 Å². The van der Waals surface area contributed by atoms with Crippen molar-refractivity contribution in [2.45, 2.75) is 0 Å². The molecule has 0 aliphatic carbocycles. The third-order valence-electron chi connectivity index (χ3n) is 4.14. The van der Waals surface area contributed by atoms with Crippen LogP contribution in [0.4, 0.5) is 0 Å². The summed E-state index contributed by atoms with van der Waals surface area (Å²) in [6.07, 6.45) is 0. The van der Waals surface area contributed by atoms with Crippen LogP contribution in [-0.2, 0) is 0 Å². The Hall–Kier alpha value is -2.99. The van der Waals surface area contributed by atoms with E-state index in [1.165, 1.54) is 21.3 Å². The topological polar surface area (TPSA) is 54.0 Å². The average Bonchev–Trinajstić information content (AvgIpc) is 2.74. The number of benzene rings is 3. The molecule has 5 nitrogen and oxygen atoms in total. The Morgan fingerprint density at radius 2 is 1.39 bits per heavy atom. The highest BCUT2D eigenvalue weighted by molar-refractivity contribution is 9.10. The first-order chi connectivity index (χ1) is 13.6. The predicted molar refractivity (Wildman–Crippen MR) is 111 cm³/mol. The number of hydrogen-bond donors (Lipinski definition) is 0. The molecule has 0 aromatic heterocycles. The molecule has 0 bridgehead atoms. The maximum absolute atomic E-state index is 12.7. The van der Waals surface area contributed by atoms with Gasteiger partial charge in [-0.1, -0.05) is 36.4 Å². The summed E-state index contributed by atoms with van der Waals surface area (Å²) in [5, 5.41) is 0. The van der Waals surface area contributed by atoms with Gasteiger partial charge in [0.2, 0.25) is 5.75 Å². The number of halogens is 1. The fourth-order valence-electron chi connectivity index (χ4n) is 2.75. The van der Waals surface area contributed by atoms with Gasteiger partial charge in [-0.15, -0.1) is 0 Å². The van der Waals surface area contributed by atoms with Crippen molar-refractivity contribution in [3.8, 4) is 34.1 Å². The van der Waals surface area contributed by atoms with Crippen molar-refractivity contribution in [2.24, 2.45) is 0 Å². The molecule has 0 saturated carbocycles. The van der Waals surface area contributed by atoms with Crippen molar-refractivity contribution in [3.05, 3.63) is 70.7 Å². The van der Waals surface area contributed by atoms with Crippen LogP contribution in [0.2, 0.25) is 0 Å². The van der Waals surface area contributed by atoms with E-state index in [2.05, 4.69) is 15.9 Å². The summed E-state index contributed by atoms with van der Waals surface area (Å²) in [5.41, 5.74) is 2.37. The van der Waals surface area contributed by atoms with Crippen LogP contribution >= 0.6 is 15.9 Å². The summed E-state index contributed by atoms with van der Waals surface area (Å²) in [5.74, 6) is 1.06. The second-order valence-corrected chi connectivity index (χ2v) is 6.67. The lowest BCUT2D eigenvalue weighted by Gasteiger charge is -2.14. The molecule has 0 saturated heterocycles. The Morgan fingerprint density at radius 1 is 0.750 bits per heavy atom. The Balaban J connectivity index is 1.87. The minimum Gasteiger partial charge on any atom is -0.493 e. The van der Waals surface area contributed by atoms with Crippen molar-refractivity contribution in [1.29, 1.82) is 0 Å². The number of carbonyl (C=O) groups is 1. The SMILES string of the molecule is COc1cc(C(=O)Oc2ccc(-c3ccccc3)cc2Br)cc(OC)c1OC. The van der Waals surface area contributed by atoms with Crippen LogP contribution in [-0.4, -0.2) is 27.3 Å². The molecule has 3 aromatic rings. The second kappa shape index (κ2) is 8.80. The van der Waals surface area contributed by atoms with Crippen molar-refractivity contribution < 1.29 is 23.7 Å². The van der Waals surface area contributed by atoms with Crippen LogP contribution in [0.3, 0.4) is 0 Å². The van der Waals surface area contributed by atoms with Crippen molar-refractivity contribution in [2.75, 3.05) is 21.3 Å². The second-order valence-electron chi connectivity index (χ2n) is 5.81. The minimum atomic E-state index is -0.535. The first-order valence-corrected chi connectivity index (χ1v) is 9.23. The molecule has 0 N–H and O–H groups in total. The summed E-state index contributed by atoms with van der Waals surface area (Å²) >= 11 is 3.48. The summed E-state index contributed by atoms with van der Waals surface area (Å²) in [7, 11) is 4.49. The Morgan fingerprint density at radius 3 is 1.93 bits per heavy atom. The van der Waals surface area contributed by atoms with Gasteiger partial charge in [0.25, 0.3) is 0 Å². The molecule has 0 aliphatic rings. The van der Waals surface area contributed by atoms with E-state index >= 15 is 0 Å². The van der Waals surface area contributed by atoms with Crippen LogP contribution in [0, 0.1) is 0 Å². The van der Waals surface area contributed by atoms with Crippen LogP contribution in [0.5, 0.6) is 23.0 Å². The van der Waals surface area contributed by atoms with E-state index in [1.807, 2.05) is 42.5 Å². The van der Waals surface area contributed by atoms with Crippen molar-refractivity contribution in [1.82, 2.24) is 0 Å². The highest BCUT2D eigenvalue weighted by Gasteiger charge is 2.19. The quantitative estimate of drug-likeness (QED) is 0.379. The van der Waals surface area contributed by atoms with Crippen molar-refractivity contribution >= 4 is 21.9 Å². The number of rotatable bonds is 6. The molecule has 0 fully saturated rings. The third-order valence-corrected chi connectivity index (χ3v) is 4.76. The van der Waals surface area contributed by atoms with Crippen molar-refractivity contribution in [3.63, 3.8) is 0 Å². The fourth-order valence-corrected chi connectivity index (χ4v) is 3.21. The zero-order valence-electron chi connectivity index (χ0n) is 15.7. The zero-order valence-corrected chi connectivity index (χ0v) is 17.3. The molecule has 28 heavy (non-hydrogen) atoms. The summed E-state index contributed by atoms with van der Waals surface area (Å²) < 4.78 is 22.1. The van der Waals surface area contributed by atoms with Gasteiger partial charge in [0.05, 0.1) is 31.4 Å². The Labute approximate surface area is 171 Å². The Bertz CT molecular complexity index is 960. The van der Waals surface area contributed by atoms with Crippen LogP contribution in [0.1, 0.15) is 10.4 Å². The van der Waals surface area contributed by atoms with Crippen LogP contribution in [0.25, 0.3) is 11.1 Å². The average molecular weight is 443 g/mol. The summed E-state index contributed by atoms with van der Waals surface area (Å²) in [6.45, 7) is 0. The number of ether oxygens (including phenoxy) is 4. The minimum absolute atomic E-state index is 0.286. The summed E-state index contributed by atoms with van der Waals surface area (Å²) in [4.78, 5) is 12.7. The van der Waals surface area contributed by atoms with Gasteiger partial charge in [0.1, 0.15) is 5.75 Å². The number of hydrogen-bond acceptors (Lipinski definition) is 5. The molecular formula is C22H19BrO5. The smallest absolute Gasteiger partial charge is 0.343 e. The lowest BCUT2D eigenvalue weighted by Crippen LogP contribution is -2.10. The maximum atomic E-state index is 12.7. The first-order valence-electron chi connectivity index (χ1n) is 8.44. The van der Waals surface area contributed by atoms with Gasteiger partial charge < -0.3 is 18.9 Å². The monoisotopic (exact) mass is 442 g/mol. The van der Waals surface area contributed by atoms with Gasteiger partial charge in [-0.05, 0) is 51.3 Å². The first kappa shape index (κ1) is 19.8. The molecule has 6 heteroatoms. The highest BCUT2D eigenvalue weighted by Crippen LogP contribution is 2.39. The lowest BCUT2D eigenvalue weighted by atomic mass is 10.1. The number of carbonyl (C=O) groups excluding carboxylic acids is 1. The maximum Gasteiger partial charge on any atom is 0.343 e. The number of esters is 1. The van der Waals surface area contributed by atoms with E-state index in [0.717, 1.165) is 11.1 Å². The molecule has 0 unspecified atom stereocenters. The zero-order chi connectivity index (χ0) is 20.1. The molecule has 0 atom stereocenters. The van der Waals surface area contributed by atoms with Gasteiger partial charge in [-0.3, -0.25) is 0 Å². The van der Waals surface area contributed by atoms with E-state index in [9.17, 15) is 4.79 Å². The third kappa shape index (κ3) is 4.12. The molecule has 0 spiro atoms. The molecule has 3 aromatic carbocycles. The fraction of sp³-hybridized carbons (Fsp3) is 0.136. The molecule has 3 rings (SSSR count). The van der Waals surface area contributed by atoms with E-state index in [4.69, 9.17) is 18.9 Å². The Kier molecular flexibility index (Phi) is 6.21. The van der Waals surface area contributed by atoms with Gasteiger partial charge in [0, 0.05) is 0 Å². The molecule has 0 heterocycles. The standard InChI is InChI=1S/C22H19BrO5/c1-25-19-12-16(13-20(26-2)21(19)27-3)22(24)28-18-10-9-15(11-17(18)23)14-7-5-4-6-8-14/h4-13H,1-3H3. The molecule has 144 valence electrons. The van der Waals surface area contributed by atoms with Gasteiger partial charge in [0.15, 0.2) is 11.5 Å². The highest BCUT2D eigenvalue weighted by atomic mass is 79.9. The van der Waals surface area contributed by atoms with Gasteiger partial charge in [-0.25, -0.2) is 4.79 Å². The largest absolute Gasteiger partial charge is 0.493 e. The molecule has 0 amide bonds. The van der Waals surface area contributed by atoms with Gasteiger partial charge >= 0.3 is 5.97 Å². The lowest BCUT2D eigenvalue weighted by molar-refractivity contribution is 0.0732. The predicted octanol–water partition coefficient (Wildman–Crippen LogP) is 5.36. The molecule has 0 radical (unpaired) electrons. The summed E-state index contributed by atoms with van der Waals surface area (Å²) in [6, 6.07) is 18.6. The van der Waals surface area contributed by atoms with E-state index < -0.39 is 5.97 Å². The van der Waals surface area contributed by atoms with E-state index in [0.29, 0.717) is 27.5 Å². The molecule has 0 aliphatic heterocycles. The van der Waals surface area contributed by atoms with Crippen LogP contribution < -0.4 is 18.9 Å². The normalized spacial score (nSPS) is 10.3.